The van der Waals surface area contributed by atoms with Gasteiger partial charge in [0.2, 0.25) is 35.4 Å². The lowest BCUT2D eigenvalue weighted by atomic mass is 10.0. The molecule has 0 radical (unpaired) electrons. The van der Waals surface area contributed by atoms with Crippen LogP contribution in [0.3, 0.4) is 0 Å². The molecule has 25 nitrogen and oxygen atoms in total. The number of nitrogens with two attached hydrogens (primary N) is 11. The number of guanidine groups is 4. The fourth-order valence-corrected chi connectivity index (χ4v) is 4.63. The molecule has 0 spiro atoms. The lowest BCUT2D eigenvalue weighted by molar-refractivity contribution is -0.134. The number of amides is 6. The topological polar surface area (TPSA) is 486 Å². The minimum absolute atomic E-state index is 0.00479. The molecule has 0 aliphatic heterocycles. The predicted octanol–water partition coefficient (Wildman–Crippen LogP) is -7.78. The Kier molecular flexibility index (Phi) is 23.6. The molecule has 0 aromatic carbocycles. The third kappa shape index (κ3) is 23.4. The Morgan fingerprint density at radius 3 is 0.963 bits per heavy atom. The van der Waals surface area contributed by atoms with E-state index < -0.39 is 65.7 Å². The number of carbonyl (C=O) groups is 6. The maximum absolute atomic E-state index is 13.8. The first kappa shape index (κ1) is 47.9. The number of hydrogen-bond donors (Lipinski definition) is 15. The molecule has 0 saturated heterocycles. The van der Waals surface area contributed by atoms with Gasteiger partial charge >= 0.3 is 0 Å². The number of nitrogens with zero attached hydrogens (tertiary/aromatic N) is 4. The van der Waals surface area contributed by atoms with Crippen LogP contribution in [0.15, 0.2) is 20.0 Å². The van der Waals surface area contributed by atoms with Gasteiger partial charge in [-0.15, -0.1) is 0 Å². The number of carbonyl (C=O) groups excluding carboxylic acids is 6. The van der Waals surface area contributed by atoms with Crippen molar-refractivity contribution < 1.29 is 28.8 Å². The molecule has 0 saturated carbocycles. The molecule has 0 bridgehead atoms. The predicted molar refractivity (Wildman–Crippen MR) is 203 cm³/mol. The zero-order valence-electron chi connectivity index (χ0n) is 30.4. The van der Waals surface area contributed by atoms with Gasteiger partial charge in [0.25, 0.3) is 0 Å². The van der Waals surface area contributed by atoms with E-state index in [1.165, 1.54) is 0 Å². The van der Waals surface area contributed by atoms with E-state index in [0.29, 0.717) is 0 Å². The monoisotopic (exact) mass is 769 g/mol. The number of hydrogen-bond acceptors (Lipinski definition) is 11. The van der Waals surface area contributed by atoms with Crippen molar-refractivity contribution in [3.8, 4) is 0 Å². The average Bonchev–Trinajstić information content (AvgIpc) is 3.07. The largest absolute Gasteiger partial charge is 0.370 e. The molecular formula is C29H59N19O6. The van der Waals surface area contributed by atoms with Gasteiger partial charge in [0, 0.05) is 32.6 Å². The van der Waals surface area contributed by atoms with Gasteiger partial charge in [-0.05, 0) is 57.8 Å². The van der Waals surface area contributed by atoms with Gasteiger partial charge in [0.05, 0.1) is 6.04 Å². The summed E-state index contributed by atoms with van der Waals surface area (Å²) in [6.45, 7) is 0.450. The van der Waals surface area contributed by atoms with Gasteiger partial charge in [-0.1, -0.05) is 0 Å². The van der Waals surface area contributed by atoms with Crippen LogP contribution in [0.25, 0.3) is 0 Å². The van der Waals surface area contributed by atoms with E-state index in [1.807, 2.05) is 0 Å². The van der Waals surface area contributed by atoms with Gasteiger partial charge < -0.3 is 84.3 Å². The summed E-state index contributed by atoms with van der Waals surface area (Å²) in [5.74, 6) is -5.35. The number of nitrogens with one attached hydrogen (secondary N) is 4. The Balaban J connectivity index is 6.34. The zero-order chi connectivity index (χ0) is 41.2. The van der Waals surface area contributed by atoms with Crippen LogP contribution in [-0.2, 0) is 28.8 Å². The zero-order valence-corrected chi connectivity index (χ0v) is 30.4. The van der Waals surface area contributed by atoms with Crippen LogP contribution < -0.4 is 84.3 Å². The third-order valence-corrected chi connectivity index (χ3v) is 7.38. The van der Waals surface area contributed by atoms with Crippen LogP contribution in [0.5, 0.6) is 0 Å². The summed E-state index contributed by atoms with van der Waals surface area (Å²) < 4.78 is 0. The van der Waals surface area contributed by atoms with Crippen molar-refractivity contribution in [3.63, 3.8) is 0 Å². The van der Waals surface area contributed by atoms with Gasteiger partial charge in [-0.2, -0.15) is 0 Å². The van der Waals surface area contributed by atoms with Crippen LogP contribution in [0.2, 0.25) is 0 Å². The molecule has 0 heterocycles. The summed E-state index contributed by atoms with van der Waals surface area (Å²) >= 11 is 0. The molecule has 0 aliphatic rings. The van der Waals surface area contributed by atoms with E-state index in [4.69, 9.17) is 63.1 Å². The van der Waals surface area contributed by atoms with Crippen molar-refractivity contribution in [2.45, 2.75) is 94.4 Å². The van der Waals surface area contributed by atoms with E-state index in [2.05, 4.69) is 41.2 Å². The molecule has 54 heavy (non-hydrogen) atoms. The second-order valence-electron chi connectivity index (χ2n) is 12.1. The molecule has 0 rings (SSSR count). The first-order chi connectivity index (χ1) is 25.3. The van der Waals surface area contributed by atoms with Crippen LogP contribution in [0.1, 0.15) is 64.2 Å². The van der Waals surface area contributed by atoms with Crippen LogP contribution >= 0.6 is 0 Å². The summed E-state index contributed by atoms with van der Waals surface area (Å²) in [5, 5.41) is 10.3. The molecular weight excluding hydrogens is 710 g/mol. The Morgan fingerprint density at radius 1 is 0.407 bits per heavy atom. The standard InChI is InChI=1S/C29H59N19O6/c30-15(9-10-20(31)49)22(51)46-17(6-2-12-42-27(35)36)24(53)48-19(8-4-14-44-29(39)40)25(54)47-18(7-3-13-43-28(37)38)23(52)45-16(21(32)50)5-1-11-41-26(33)34/h15-19H,1-14,30H2,(H2,31,49)(H2,32,50)(H,45,52)(H,46,51)(H,47,54)(H,48,53)(H4,33,34,41)(H4,35,36,42)(H4,37,38,43)(H4,39,40,44)/t15-,16-,17-,18-,19-/m0/s1. The Hall–Kier alpha value is -6.14. The molecule has 26 N–H and O–H groups in total. The quantitative estimate of drug-likeness (QED) is 0.0200. The lowest BCUT2D eigenvalue weighted by Gasteiger charge is -2.26. The Bertz CT molecular complexity index is 1350. The van der Waals surface area contributed by atoms with Gasteiger partial charge in [0.1, 0.15) is 24.2 Å². The fraction of sp³-hybridized carbons (Fsp3) is 0.655. The van der Waals surface area contributed by atoms with Crippen molar-refractivity contribution in [1.29, 1.82) is 0 Å². The first-order valence-electron chi connectivity index (χ1n) is 17.1. The molecule has 5 atom stereocenters. The highest BCUT2D eigenvalue weighted by Crippen LogP contribution is 2.08. The molecule has 0 aliphatic carbocycles. The molecule has 0 unspecified atom stereocenters. The fourth-order valence-electron chi connectivity index (χ4n) is 4.63. The number of rotatable bonds is 28. The lowest BCUT2D eigenvalue weighted by Crippen LogP contribution is -2.58. The first-order valence-corrected chi connectivity index (χ1v) is 17.1. The molecule has 6 amide bonds. The van der Waals surface area contributed by atoms with Crippen molar-refractivity contribution in [2.24, 2.45) is 83.0 Å². The number of aliphatic imine (C=N–C) groups is 4. The molecule has 0 fully saturated rings. The van der Waals surface area contributed by atoms with Gasteiger partial charge in [0.15, 0.2) is 23.8 Å². The van der Waals surface area contributed by atoms with Crippen molar-refractivity contribution in [2.75, 3.05) is 26.2 Å². The average molecular weight is 770 g/mol. The highest BCUT2D eigenvalue weighted by molar-refractivity contribution is 5.95. The maximum Gasteiger partial charge on any atom is 0.243 e. The summed E-state index contributed by atoms with van der Waals surface area (Å²) in [4.78, 5) is 92.7. The molecule has 306 valence electrons. The smallest absolute Gasteiger partial charge is 0.243 e. The maximum atomic E-state index is 13.8. The highest BCUT2D eigenvalue weighted by Gasteiger charge is 2.31. The second kappa shape index (κ2) is 26.6. The van der Waals surface area contributed by atoms with E-state index in [0.717, 1.165) is 0 Å². The Labute approximate surface area is 312 Å². The SMILES string of the molecule is NC(=O)CC[C@H](N)C(=O)N[C@@H](CCCN=C(N)N)C(=O)N[C@@H](CCCN=C(N)N)C(=O)N[C@@H](CCCN=C(N)N)C(=O)N[C@@H](CCCN=C(N)N)C(N)=O. The van der Waals surface area contributed by atoms with Crippen LogP contribution in [0.4, 0.5) is 0 Å². The van der Waals surface area contributed by atoms with Crippen molar-refractivity contribution in [1.82, 2.24) is 21.3 Å². The van der Waals surface area contributed by atoms with E-state index >= 15 is 0 Å². The minimum Gasteiger partial charge on any atom is -0.370 e. The van der Waals surface area contributed by atoms with E-state index in [-0.39, 0.29) is 114 Å². The summed E-state index contributed by atoms with van der Waals surface area (Å²) in [7, 11) is 0. The summed E-state index contributed by atoms with van der Waals surface area (Å²) in [6, 6.07) is -6.13. The highest BCUT2D eigenvalue weighted by atomic mass is 16.2. The minimum atomic E-state index is -1.30. The van der Waals surface area contributed by atoms with Crippen molar-refractivity contribution >= 4 is 59.3 Å². The molecule has 0 aromatic rings. The summed E-state index contributed by atoms with van der Waals surface area (Å²) in [6.07, 6.45) is 0.709. The number of primary amides is 2. The van der Waals surface area contributed by atoms with Gasteiger partial charge in [-0.3, -0.25) is 48.7 Å². The normalized spacial score (nSPS) is 13.3. The summed E-state index contributed by atoms with van der Waals surface area (Å²) in [5.41, 5.74) is 59.7. The van der Waals surface area contributed by atoms with E-state index in [1.54, 1.807) is 0 Å². The third-order valence-electron chi connectivity index (χ3n) is 7.38. The molecule has 0 aromatic heterocycles. The van der Waals surface area contributed by atoms with Crippen molar-refractivity contribution in [3.05, 3.63) is 0 Å². The van der Waals surface area contributed by atoms with E-state index in [9.17, 15) is 28.8 Å². The van der Waals surface area contributed by atoms with Gasteiger partial charge in [-0.25, -0.2) is 0 Å². The second-order valence-corrected chi connectivity index (χ2v) is 12.1. The van der Waals surface area contributed by atoms with Crippen LogP contribution in [0, 0.1) is 0 Å². The molecule has 25 heteroatoms. The van der Waals surface area contributed by atoms with Crippen LogP contribution in [-0.4, -0.2) is 116 Å². The Morgan fingerprint density at radius 2 is 0.685 bits per heavy atom.